The Morgan fingerprint density at radius 1 is 0.577 bits per heavy atom. The maximum atomic E-state index is 12.9. The summed E-state index contributed by atoms with van der Waals surface area (Å²) >= 11 is 0. The fraction of sp³-hybridized carbons (Fsp3) is 0.977. The lowest BCUT2D eigenvalue weighted by atomic mass is 9.99. The van der Waals surface area contributed by atoms with E-state index in [0.717, 1.165) is 38.5 Å². The van der Waals surface area contributed by atoms with Crippen LogP contribution in [0.25, 0.3) is 0 Å². The summed E-state index contributed by atoms with van der Waals surface area (Å²) in [6, 6.07) is -0.709. The first kappa shape index (κ1) is 49.2. The standard InChI is InChI=1S/C43H85NO8/c1-3-5-7-9-11-13-14-15-16-17-18-19-20-21-22-23-25-27-29-31-33-39(47)44-36(37(46)32-30-28-26-24-12-10-8-6-4-2)35-51-43-42(50)41(49)40(48)38(34-45)52-43/h36-38,40-43,45-46,48-50H,3-35H2,1-2H3,(H,44,47)/t36-,37+,38+,40-,41?,42?,43+/m0/s1. The lowest BCUT2D eigenvalue weighted by molar-refractivity contribution is -0.302. The van der Waals surface area contributed by atoms with Crippen LogP contribution < -0.4 is 5.32 Å². The molecular weight excluding hydrogens is 658 g/mol. The number of unbranched alkanes of at least 4 members (excludes halogenated alkanes) is 27. The number of carbonyl (C=O) groups excluding carboxylic acids is 1. The normalized spacial score (nSPS) is 21.7. The topological polar surface area (TPSA) is 149 Å². The summed E-state index contributed by atoms with van der Waals surface area (Å²) in [5, 5.41) is 54.1. The van der Waals surface area contributed by atoms with Gasteiger partial charge in [-0.2, -0.15) is 0 Å². The predicted octanol–water partition coefficient (Wildman–Crippen LogP) is 8.78. The molecule has 1 amide bonds. The molecule has 1 aliphatic rings. The van der Waals surface area contributed by atoms with Crippen molar-refractivity contribution in [1.29, 1.82) is 0 Å². The summed E-state index contributed by atoms with van der Waals surface area (Å²) in [4.78, 5) is 12.9. The van der Waals surface area contributed by atoms with Crippen LogP contribution >= 0.6 is 0 Å². The highest BCUT2D eigenvalue weighted by atomic mass is 16.7. The molecule has 2 unspecified atom stereocenters. The van der Waals surface area contributed by atoms with Crippen molar-refractivity contribution in [2.45, 2.75) is 256 Å². The lowest BCUT2D eigenvalue weighted by Gasteiger charge is -2.40. The molecule has 0 radical (unpaired) electrons. The van der Waals surface area contributed by atoms with Crippen LogP contribution in [0, 0.1) is 0 Å². The monoisotopic (exact) mass is 744 g/mol. The van der Waals surface area contributed by atoms with Gasteiger partial charge in [0.2, 0.25) is 5.91 Å². The number of ether oxygens (including phenoxy) is 2. The highest BCUT2D eigenvalue weighted by Crippen LogP contribution is 2.23. The van der Waals surface area contributed by atoms with Gasteiger partial charge in [-0.3, -0.25) is 4.79 Å². The number of carbonyl (C=O) groups is 1. The Kier molecular flexibility index (Phi) is 32.8. The molecule has 1 heterocycles. The number of hydrogen-bond donors (Lipinski definition) is 6. The van der Waals surface area contributed by atoms with E-state index < -0.39 is 49.5 Å². The zero-order valence-corrected chi connectivity index (χ0v) is 33.8. The number of amides is 1. The molecule has 9 nitrogen and oxygen atoms in total. The van der Waals surface area contributed by atoms with Crippen LogP contribution in [0.15, 0.2) is 0 Å². The molecule has 0 spiro atoms. The number of rotatable bonds is 37. The van der Waals surface area contributed by atoms with Gasteiger partial charge in [-0.25, -0.2) is 0 Å². The highest BCUT2D eigenvalue weighted by Gasteiger charge is 2.44. The minimum atomic E-state index is -1.55. The number of aliphatic hydroxyl groups is 5. The van der Waals surface area contributed by atoms with E-state index in [4.69, 9.17) is 9.47 Å². The van der Waals surface area contributed by atoms with Gasteiger partial charge in [0.1, 0.15) is 24.4 Å². The van der Waals surface area contributed by atoms with Gasteiger partial charge in [-0.1, -0.05) is 194 Å². The third-order valence-corrected chi connectivity index (χ3v) is 11.0. The Balaban J connectivity index is 2.25. The first-order valence-electron chi connectivity index (χ1n) is 22.2. The van der Waals surface area contributed by atoms with E-state index in [1.54, 1.807) is 0 Å². The first-order valence-corrected chi connectivity index (χ1v) is 22.2. The minimum Gasteiger partial charge on any atom is -0.394 e. The van der Waals surface area contributed by atoms with Crippen LogP contribution in [0.3, 0.4) is 0 Å². The van der Waals surface area contributed by atoms with Crippen molar-refractivity contribution in [3.8, 4) is 0 Å². The Morgan fingerprint density at radius 3 is 1.37 bits per heavy atom. The Bertz CT molecular complexity index is 786. The summed E-state index contributed by atoms with van der Waals surface area (Å²) in [6.07, 6.45) is 29.8. The van der Waals surface area contributed by atoms with Crippen molar-refractivity contribution in [3.63, 3.8) is 0 Å². The largest absolute Gasteiger partial charge is 0.394 e. The Labute approximate surface area is 319 Å². The van der Waals surface area contributed by atoms with Crippen LogP contribution in [0.4, 0.5) is 0 Å². The zero-order chi connectivity index (χ0) is 38.1. The van der Waals surface area contributed by atoms with Crippen LogP contribution in [-0.4, -0.2) is 87.5 Å². The average Bonchev–Trinajstić information content (AvgIpc) is 3.14. The van der Waals surface area contributed by atoms with Crippen molar-refractivity contribution in [3.05, 3.63) is 0 Å². The number of aliphatic hydroxyl groups excluding tert-OH is 5. The van der Waals surface area contributed by atoms with E-state index in [0.29, 0.717) is 12.8 Å². The number of hydrogen-bond acceptors (Lipinski definition) is 8. The molecule has 0 aromatic carbocycles. The van der Waals surface area contributed by atoms with Gasteiger partial charge < -0.3 is 40.3 Å². The van der Waals surface area contributed by atoms with Crippen LogP contribution in [0.1, 0.15) is 213 Å². The Hall–Kier alpha value is -0.810. The molecule has 1 aliphatic heterocycles. The van der Waals surface area contributed by atoms with E-state index >= 15 is 0 Å². The van der Waals surface area contributed by atoms with Crippen molar-refractivity contribution in [1.82, 2.24) is 5.32 Å². The molecular formula is C43H85NO8. The molecule has 1 saturated heterocycles. The summed E-state index contributed by atoms with van der Waals surface area (Å²) in [5.74, 6) is -0.143. The predicted molar refractivity (Wildman–Crippen MR) is 212 cm³/mol. The quantitative estimate of drug-likeness (QED) is 0.0346. The SMILES string of the molecule is CCCCCCCCCCCCCCCCCCCCCCC(=O)N[C@@H](CO[C@@H]1O[C@H](CO)[C@H](O)C(O)C1O)[C@H](O)CCCCCCCCCCC. The molecule has 52 heavy (non-hydrogen) atoms. The van der Waals surface area contributed by atoms with E-state index in [1.807, 2.05) is 0 Å². The summed E-state index contributed by atoms with van der Waals surface area (Å²) in [7, 11) is 0. The fourth-order valence-electron chi connectivity index (χ4n) is 7.34. The smallest absolute Gasteiger partial charge is 0.220 e. The summed E-state index contributed by atoms with van der Waals surface area (Å²) < 4.78 is 11.2. The molecule has 0 bridgehead atoms. The molecule has 9 heteroatoms. The molecule has 0 saturated carbocycles. The third-order valence-electron chi connectivity index (χ3n) is 11.0. The van der Waals surface area contributed by atoms with Crippen molar-refractivity contribution < 1.29 is 39.8 Å². The van der Waals surface area contributed by atoms with Crippen LogP contribution in [0.5, 0.6) is 0 Å². The van der Waals surface area contributed by atoms with Gasteiger partial charge in [-0.05, 0) is 12.8 Å². The van der Waals surface area contributed by atoms with Crippen molar-refractivity contribution >= 4 is 5.91 Å². The second kappa shape index (κ2) is 34.7. The second-order valence-corrected chi connectivity index (χ2v) is 15.9. The summed E-state index contributed by atoms with van der Waals surface area (Å²) in [6.45, 7) is 3.82. The van der Waals surface area contributed by atoms with Crippen LogP contribution in [0.2, 0.25) is 0 Å². The average molecular weight is 744 g/mol. The fourth-order valence-corrected chi connectivity index (χ4v) is 7.34. The molecule has 7 atom stereocenters. The van der Waals surface area contributed by atoms with Gasteiger partial charge in [0.25, 0.3) is 0 Å². The van der Waals surface area contributed by atoms with Gasteiger partial charge in [0, 0.05) is 6.42 Å². The van der Waals surface area contributed by atoms with E-state index in [9.17, 15) is 30.3 Å². The van der Waals surface area contributed by atoms with Gasteiger partial charge in [0.15, 0.2) is 6.29 Å². The molecule has 1 fully saturated rings. The van der Waals surface area contributed by atoms with Crippen LogP contribution in [-0.2, 0) is 14.3 Å². The highest BCUT2D eigenvalue weighted by molar-refractivity contribution is 5.76. The van der Waals surface area contributed by atoms with Crippen molar-refractivity contribution in [2.75, 3.05) is 13.2 Å². The Morgan fingerprint density at radius 2 is 0.962 bits per heavy atom. The molecule has 0 aromatic heterocycles. The summed E-state index contributed by atoms with van der Waals surface area (Å²) in [5.41, 5.74) is 0. The lowest BCUT2D eigenvalue weighted by Crippen LogP contribution is -2.60. The maximum Gasteiger partial charge on any atom is 0.220 e. The third kappa shape index (κ3) is 25.3. The van der Waals surface area contributed by atoms with E-state index in [-0.39, 0.29) is 12.5 Å². The van der Waals surface area contributed by atoms with E-state index in [1.165, 1.54) is 148 Å². The first-order chi connectivity index (χ1) is 25.3. The van der Waals surface area contributed by atoms with Gasteiger partial charge in [0.05, 0.1) is 25.4 Å². The molecule has 6 N–H and O–H groups in total. The minimum absolute atomic E-state index is 0.133. The molecule has 310 valence electrons. The zero-order valence-electron chi connectivity index (χ0n) is 33.8. The molecule has 0 aliphatic carbocycles. The molecule has 1 rings (SSSR count). The van der Waals surface area contributed by atoms with Gasteiger partial charge in [-0.15, -0.1) is 0 Å². The van der Waals surface area contributed by atoms with E-state index in [2.05, 4.69) is 19.2 Å². The number of nitrogens with one attached hydrogen (secondary N) is 1. The second-order valence-electron chi connectivity index (χ2n) is 15.9. The van der Waals surface area contributed by atoms with Crippen molar-refractivity contribution in [2.24, 2.45) is 0 Å². The maximum absolute atomic E-state index is 12.9. The van der Waals surface area contributed by atoms with Gasteiger partial charge >= 0.3 is 0 Å². The molecule has 0 aromatic rings.